The van der Waals surface area contributed by atoms with Crippen molar-refractivity contribution in [1.29, 1.82) is 0 Å². The molecule has 90 valence electrons. The molecule has 0 amide bonds. The summed E-state index contributed by atoms with van der Waals surface area (Å²) in [7, 11) is 0. The maximum atomic E-state index is 11.8. The summed E-state index contributed by atoms with van der Waals surface area (Å²) in [6.07, 6.45) is -1.90. The number of nitrogens with one attached hydrogen (secondary N) is 1. The summed E-state index contributed by atoms with van der Waals surface area (Å²) >= 11 is 0. The van der Waals surface area contributed by atoms with Gasteiger partial charge < -0.3 is 5.32 Å². The van der Waals surface area contributed by atoms with Crippen LogP contribution in [0.3, 0.4) is 0 Å². The minimum atomic E-state index is -4.01. The third-order valence-electron chi connectivity index (χ3n) is 2.07. The molecule has 0 spiro atoms. The second-order valence-electron chi connectivity index (χ2n) is 4.10. The van der Waals surface area contributed by atoms with Crippen LogP contribution in [0.25, 0.3) is 0 Å². The van der Waals surface area contributed by atoms with E-state index in [9.17, 15) is 13.2 Å². The van der Waals surface area contributed by atoms with Gasteiger partial charge in [-0.05, 0) is 33.6 Å². The van der Waals surface area contributed by atoms with Crippen LogP contribution in [0, 0.1) is 0 Å². The maximum absolute atomic E-state index is 11.8. The van der Waals surface area contributed by atoms with Crippen LogP contribution in [-0.4, -0.2) is 18.8 Å². The Morgan fingerprint density at radius 1 is 1.33 bits per heavy atom. The second kappa shape index (κ2) is 6.88. The minimum Gasteiger partial charge on any atom is -0.311 e. The zero-order chi connectivity index (χ0) is 11.9. The predicted molar refractivity (Wildman–Crippen MR) is 56.8 cm³/mol. The van der Waals surface area contributed by atoms with Crippen molar-refractivity contribution in [1.82, 2.24) is 5.32 Å². The minimum absolute atomic E-state index is 0.142. The molecular formula is C11H20F3N. The summed E-state index contributed by atoms with van der Waals surface area (Å²) in [6, 6.07) is 0.142. The zero-order valence-corrected chi connectivity index (χ0v) is 9.62. The highest BCUT2D eigenvalue weighted by atomic mass is 19.4. The molecule has 1 atom stereocenters. The van der Waals surface area contributed by atoms with Crippen LogP contribution in [-0.2, 0) is 0 Å². The molecule has 0 aliphatic rings. The van der Waals surface area contributed by atoms with Crippen LogP contribution in [0.2, 0.25) is 0 Å². The van der Waals surface area contributed by atoms with E-state index in [1.165, 1.54) is 5.57 Å². The van der Waals surface area contributed by atoms with Gasteiger partial charge in [0.2, 0.25) is 0 Å². The van der Waals surface area contributed by atoms with Gasteiger partial charge in [-0.1, -0.05) is 11.6 Å². The van der Waals surface area contributed by atoms with Gasteiger partial charge in [-0.3, -0.25) is 0 Å². The molecule has 0 fully saturated rings. The first-order valence-electron chi connectivity index (χ1n) is 5.25. The third kappa shape index (κ3) is 11.4. The Bertz CT molecular complexity index is 192. The van der Waals surface area contributed by atoms with Gasteiger partial charge in [0.25, 0.3) is 0 Å². The molecule has 1 unspecified atom stereocenters. The van der Waals surface area contributed by atoms with Crippen molar-refractivity contribution in [2.24, 2.45) is 0 Å². The summed E-state index contributed by atoms with van der Waals surface area (Å²) in [6.45, 7) is 6.64. The van der Waals surface area contributed by atoms with Crippen LogP contribution < -0.4 is 5.32 Å². The van der Waals surface area contributed by atoms with Crippen LogP contribution in [0.4, 0.5) is 13.2 Å². The molecule has 0 bridgehead atoms. The van der Waals surface area contributed by atoms with Gasteiger partial charge in [-0.15, -0.1) is 0 Å². The van der Waals surface area contributed by atoms with Crippen molar-refractivity contribution in [2.75, 3.05) is 6.54 Å². The number of allylic oxidation sites excluding steroid dienone is 1. The molecule has 0 aromatic rings. The van der Waals surface area contributed by atoms with Crippen LogP contribution in [0.1, 0.15) is 40.0 Å². The number of hydrogen-bond donors (Lipinski definition) is 1. The van der Waals surface area contributed by atoms with Crippen molar-refractivity contribution in [2.45, 2.75) is 52.3 Å². The Hall–Kier alpha value is -0.510. The molecule has 15 heavy (non-hydrogen) atoms. The predicted octanol–water partition coefficient (Wildman–Crippen LogP) is 3.66. The summed E-state index contributed by atoms with van der Waals surface area (Å²) in [5.74, 6) is 0. The second-order valence-corrected chi connectivity index (χ2v) is 4.10. The first-order chi connectivity index (χ1) is 6.81. The molecule has 0 saturated heterocycles. The average molecular weight is 223 g/mol. The molecule has 0 radical (unpaired) electrons. The quantitative estimate of drug-likeness (QED) is 0.677. The topological polar surface area (TPSA) is 12.0 Å². The molecular weight excluding hydrogens is 203 g/mol. The fourth-order valence-corrected chi connectivity index (χ4v) is 1.17. The van der Waals surface area contributed by atoms with E-state index >= 15 is 0 Å². The lowest BCUT2D eigenvalue weighted by Crippen LogP contribution is -2.26. The zero-order valence-electron chi connectivity index (χ0n) is 9.62. The summed E-state index contributed by atoms with van der Waals surface area (Å²) < 4.78 is 35.5. The fraction of sp³-hybridized carbons (Fsp3) is 0.818. The lowest BCUT2D eigenvalue weighted by Gasteiger charge is -2.13. The van der Waals surface area contributed by atoms with E-state index in [0.717, 1.165) is 6.54 Å². The molecule has 0 rings (SSSR count). The molecule has 0 aliphatic carbocycles. The van der Waals surface area contributed by atoms with Gasteiger partial charge in [0.05, 0.1) is 0 Å². The van der Waals surface area contributed by atoms with Gasteiger partial charge in [-0.2, -0.15) is 13.2 Å². The van der Waals surface area contributed by atoms with Crippen LogP contribution >= 0.6 is 0 Å². The van der Waals surface area contributed by atoms with E-state index in [4.69, 9.17) is 0 Å². The van der Waals surface area contributed by atoms with Crippen LogP contribution in [0.15, 0.2) is 11.6 Å². The maximum Gasteiger partial charge on any atom is 0.389 e. The molecule has 0 heterocycles. The fourth-order valence-electron chi connectivity index (χ4n) is 1.17. The number of hydrogen-bond acceptors (Lipinski definition) is 1. The first kappa shape index (κ1) is 14.5. The third-order valence-corrected chi connectivity index (χ3v) is 2.07. The highest BCUT2D eigenvalue weighted by molar-refractivity contribution is 4.94. The Labute approximate surface area is 89.7 Å². The van der Waals surface area contributed by atoms with Crippen molar-refractivity contribution in [3.05, 3.63) is 11.6 Å². The molecule has 1 nitrogen and oxygen atoms in total. The average Bonchev–Trinajstić information content (AvgIpc) is 2.00. The molecule has 4 heteroatoms. The molecule has 0 aromatic heterocycles. The van der Waals surface area contributed by atoms with Crippen molar-refractivity contribution >= 4 is 0 Å². The number of halogens is 3. The first-order valence-corrected chi connectivity index (χ1v) is 5.25. The SMILES string of the molecule is CC(C)=CCNC(C)CCCC(F)(F)F. The summed E-state index contributed by atoms with van der Waals surface area (Å²) in [4.78, 5) is 0. The van der Waals surface area contributed by atoms with E-state index in [-0.39, 0.29) is 12.5 Å². The Morgan fingerprint density at radius 3 is 2.40 bits per heavy atom. The Morgan fingerprint density at radius 2 is 1.93 bits per heavy atom. The largest absolute Gasteiger partial charge is 0.389 e. The molecule has 1 N–H and O–H groups in total. The Balaban J connectivity index is 3.50. The van der Waals surface area contributed by atoms with Gasteiger partial charge in [0, 0.05) is 19.0 Å². The van der Waals surface area contributed by atoms with Gasteiger partial charge in [0.15, 0.2) is 0 Å². The van der Waals surface area contributed by atoms with Crippen molar-refractivity contribution in [3.63, 3.8) is 0 Å². The highest BCUT2D eigenvalue weighted by Gasteiger charge is 2.26. The van der Waals surface area contributed by atoms with Crippen LogP contribution in [0.5, 0.6) is 0 Å². The molecule has 0 aliphatic heterocycles. The van der Waals surface area contributed by atoms with Crippen molar-refractivity contribution in [3.8, 4) is 0 Å². The van der Waals surface area contributed by atoms with E-state index in [1.807, 2.05) is 26.8 Å². The highest BCUT2D eigenvalue weighted by Crippen LogP contribution is 2.22. The lowest BCUT2D eigenvalue weighted by atomic mass is 10.1. The molecule has 0 aromatic carbocycles. The number of rotatable bonds is 6. The van der Waals surface area contributed by atoms with E-state index in [0.29, 0.717) is 6.42 Å². The van der Waals surface area contributed by atoms with Gasteiger partial charge >= 0.3 is 6.18 Å². The monoisotopic (exact) mass is 223 g/mol. The number of alkyl halides is 3. The van der Waals surface area contributed by atoms with E-state index in [2.05, 4.69) is 5.32 Å². The summed E-state index contributed by atoms with van der Waals surface area (Å²) in [5.41, 5.74) is 1.21. The summed E-state index contributed by atoms with van der Waals surface area (Å²) in [5, 5.41) is 3.16. The smallest absolute Gasteiger partial charge is 0.311 e. The normalized spacial score (nSPS) is 13.7. The lowest BCUT2D eigenvalue weighted by molar-refractivity contribution is -0.135. The van der Waals surface area contributed by atoms with E-state index in [1.54, 1.807) is 0 Å². The standard InChI is InChI=1S/C11H20F3N/c1-9(2)6-8-15-10(3)5-4-7-11(12,13)14/h6,10,15H,4-5,7-8H2,1-3H3. The van der Waals surface area contributed by atoms with Gasteiger partial charge in [-0.25, -0.2) is 0 Å². The molecule has 0 saturated carbocycles. The van der Waals surface area contributed by atoms with Gasteiger partial charge in [0.1, 0.15) is 0 Å². The van der Waals surface area contributed by atoms with Crippen molar-refractivity contribution < 1.29 is 13.2 Å². The van der Waals surface area contributed by atoms with E-state index < -0.39 is 12.6 Å². The Kier molecular flexibility index (Phi) is 6.65.